The zero-order chi connectivity index (χ0) is 18.5. The fraction of sp³-hybridized carbons (Fsp3) is 0.118. The van der Waals surface area contributed by atoms with Crippen LogP contribution in [0, 0.1) is 0 Å². The van der Waals surface area contributed by atoms with Crippen LogP contribution < -0.4 is 10.6 Å². The Labute approximate surface area is 159 Å². The van der Waals surface area contributed by atoms with Gasteiger partial charge in [-0.1, -0.05) is 29.3 Å². The van der Waals surface area contributed by atoms with Crippen LogP contribution in [0.3, 0.4) is 0 Å². The fourth-order valence-corrected chi connectivity index (χ4v) is 2.68. The first kappa shape index (κ1) is 18.2. The fourth-order valence-electron chi connectivity index (χ4n) is 2.19. The number of phenols is 1. The third-order valence-corrected chi connectivity index (χ3v) is 3.91. The minimum absolute atomic E-state index is 0.0525. The molecule has 0 amide bonds. The summed E-state index contributed by atoms with van der Waals surface area (Å²) in [5, 5.41) is 24.9. The van der Waals surface area contributed by atoms with E-state index in [1.165, 1.54) is 12.1 Å². The number of aromatic nitrogens is 3. The Morgan fingerprint density at radius 1 is 1.00 bits per heavy atom. The monoisotopic (exact) mass is 391 g/mol. The number of nitrogens with zero attached hydrogens (tertiary/aromatic N) is 3. The molecule has 0 bridgehead atoms. The molecule has 0 saturated carbocycles. The number of nitrogens with one attached hydrogen (secondary N) is 2. The summed E-state index contributed by atoms with van der Waals surface area (Å²) in [5.41, 5.74) is 1.82. The number of aromatic hydroxyl groups is 1. The summed E-state index contributed by atoms with van der Waals surface area (Å²) in [6.45, 7) is 0.255. The molecule has 9 heteroatoms. The number of hydrogen-bond donors (Lipinski definition) is 4. The van der Waals surface area contributed by atoms with Crippen molar-refractivity contribution in [1.82, 2.24) is 15.0 Å². The summed E-state index contributed by atoms with van der Waals surface area (Å²) < 4.78 is 0. The molecule has 0 radical (unpaired) electrons. The smallest absolute Gasteiger partial charge is 0.225 e. The van der Waals surface area contributed by atoms with Crippen molar-refractivity contribution in [3.8, 4) is 17.1 Å². The van der Waals surface area contributed by atoms with Crippen LogP contribution in [-0.2, 0) is 0 Å². The summed E-state index contributed by atoms with van der Waals surface area (Å²) >= 11 is 11.9. The highest BCUT2D eigenvalue weighted by molar-refractivity contribution is 6.37. The molecule has 0 spiro atoms. The molecule has 134 valence electrons. The lowest BCUT2D eigenvalue weighted by Gasteiger charge is -2.12. The molecule has 3 rings (SSSR count). The van der Waals surface area contributed by atoms with E-state index >= 15 is 0 Å². The van der Waals surface area contributed by atoms with Gasteiger partial charge >= 0.3 is 0 Å². The van der Waals surface area contributed by atoms with Crippen LogP contribution in [0.2, 0.25) is 10.0 Å². The van der Waals surface area contributed by atoms with Crippen LogP contribution in [0.1, 0.15) is 0 Å². The van der Waals surface area contributed by atoms with Crippen molar-refractivity contribution in [2.45, 2.75) is 0 Å². The number of halogens is 2. The minimum atomic E-state index is -0.180. The Balaban J connectivity index is 1.97. The Morgan fingerprint density at radius 3 is 2.42 bits per heavy atom. The normalized spacial score (nSPS) is 10.6. The second kappa shape index (κ2) is 8.18. The van der Waals surface area contributed by atoms with E-state index in [9.17, 15) is 5.11 Å². The van der Waals surface area contributed by atoms with E-state index < -0.39 is 0 Å². The summed E-state index contributed by atoms with van der Waals surface area (Å²) in [6, 6.07) is 10.3. The Morgan fingerprint density at radius 2 is 1.77 bits per heavy atom. The SMILES string of the molecule is OCCNc1nc(Nc2cc(Cl)c(O)c(Cl)c2)cc(-c2ccccn2)n1. The predicted octanol–water partition coefficient (Wildman–Crippen LogP) is 3.70. The van der Waals surface area contributed by atoms with E-state index in [1.807, 2.05) is 18.2 Å². The summed E-state index contributed by atoms with van der Waals surface area (Å²) in [7, 11) is 0. The molecule has 26 heavy (non-hydrogen) atoms. The van der Waals surface area contributed by atoms with Gasteiger partial charge in [0.15, 0.2) is 5.75 Å². The largest absolute Gasteiger partial charge is 0.505 e. The van der Waals surface area contributed by atoms with Crippen LogP contribution in [-0.4, -0.2) is 38.3 Å². The van der Waals surface area contributed by atoms with Gasteiger partial charge in [0.05, 0.1) is 28.0 Å². The van der Waals surface area contributed by atoms with Crippen molar-refractivity contribution in [2.75, 3.05) is 23.8 Å². The first-order valence-corrected chi connectivity index (χ1v) is 8.42. The number of anilines is 3. The number of aliphatic hydroxyl groups is 1. The van der Waals surface area contributed by atoms with Crippen molar-refractivity contribution in [2.24, 2.45) is 0 Å². The number of benzene rings is 1. The van der Waals surface area contributed by atoms with Gasteiger partial charge in [-0.2, -0.15) is 4.98 Å². The molecule has 0 saturated heterocycles. The molecule has 4 N–H and O–H groups in total. The maximum Gasteiger partial charge on any atom is 0.225 e. The highest BCUT2D eigenvalue weighted by atomic mass is 35.5. The van der Waals surface area contributed by atoms with Gasteiger partial charge in [0.1, 0.15) is 5.82 Å². The van der Waals surface area contributed by atoms with Crippen LogP contribution >= 0.6 is 23.2 Å². The van der Waals surface area contributed by atoms with Crippen LogP contribution in [0.4, 0.5) is 17.5 Å². The van der Waals surface area contributed by atoms with E-state index in [0.29, 0.717) is 35.4 Å². The van der Waals surface area contributed by atoms with Gasteiger partial charge in [-0.15, -0.1) is 0 Å². The second-order valence-corrected chi connectivity index (χ2v) is 6.06. The average molecular weight is 392 g/mol. The number of phenolic OH excluding ortho intramolecular Hbond substituents is 1. The Kier molecular flexibility index (Phi) is 5.72. The van der Waals surface area contributed by atoms with E-state index in [-0.39, 0.29) is 22.4 Å². The van der Waals surface area contributed by atoms with E-state index in [0.717, 1.165) is 0 Å². The lowest BCUT2D eigenvalue weighted by Crippen LogP contribution is -2.10. The van der Waals surface area contributed by atoms with Gasteiger partial charge < -0.3 is 20.8 Å². The maximum absolute atomic E-state index is 9.67. The maximum atomic E-state index is 9.67. The standard InChI is InChI=1S/C17H15Cl2N5O2/c18-11-7-10(8-12(19)16(11)26)22-15-9-14(13-3-1-2-4-20-13)23-17(24-15)21-5-6-25/h1-4,7-9,25-26H,5-6H2,(H2,21,22,23,24). The molecule has 0 aliphatic carbocycles. The molecule has 0 fully saturated rings. The number of hydrogen-bond acceptors (Lipinski definition) is 7. The van der Waals surface area contributed by atoms with E-state index in [2.05, 4.69) is 25.6 Å². The van der Waals surface area contributed by atoms with Gasteiger partial charge in [0, 0.05) is 24.5 Å². The lowest BCUT2D eigenvalue weighted by atomic mass is 10.2. The minimum Gasteiger partial charge on any atom is -0.505 e. The van der Waals surface area contributed by atoms with Crippen molar-refractivity contribution in [1.29, 1.82) is 0 Å². The highest BCUT2D eigenvalue weighted by Gasteiger charge is 2.10. The Hall–Kier alpha value is -2.61. The lowest BCUT2D eigenvalue weighted by molar-refractivity contribution is 0.311. The van der Waals surface area contributed by atoms with Crippen molar-refractivity contribution >= 4 is 40.7 Å². The van der Waals surface area contributed by atoms with E-state index in [1.54, 1.807) is 12.3 Å². The molecular formula is C17H15Cl2N5O2. The molecule has 3 aromatic rings. The van der Waals surface area contributed by atoms with Crippen LogP contribution in [0.5, 0.6) is 5.75 Å². The van der Waals surface area contributed by atoms with Gasteiger partial charge in [0.25, 0.3) is 0 Å². The highest BCUT2D eigenvalue weighted by Crippen LogP contribution is 2.35. The molecule has 2 aromatic heterocycles. The Bertz CT molecular complexity index is 886. The van der Waals surface area contributed by atoms with Crippen molar-refractivity contribution in [3.05, 3.63) is 52.6 Å². The van der Waals surface area contributed by atoms with Crippen molar-refractivity contribution in [3.63, 3.8) is 0 Å². The summed E-state index contributed by atoms with van der Waals surface area (Å²) in [6.07, 6.45) is 1.67. The van der Waals surface area contributed by atoms with Crippen LogP contribution in [0.15, 0.2) is 42.6 Å². The molecular weight excluding hydrogens is 377 g/mol. The van der Waals surface area contributed by atoms with Gasteiger partial charge in [-0.3, -0.25) is 4.98 Å². The molecule has 0 aliphatic heterocycles. The number of rotatable bonds is 6. The first-order valence-electron chi connectivity index (χ1n) is 7.67. The molecule has 2 heterocycles. The topological polar surface area (TPSA) is 103 Å². The third-order valence-electron chi connectivity index (χ3n) is 3.34. The second-order valence-electron chi connectivity index (χ2n) is 5.24. The average Bonchev–Trinajstić information content (AvgIpc) is 2.65. The van der Waals surface area contributed by atoms with Gasteiger partial charge in [-0.25, -0.2) is 4.98 Å². The summed E-state index contributed by atoms with van der Waals surface area (Å²) in [4.78, 5) is 13.0. The molecule has 0 unspecified atom stereocenters. The molecule has 0 aliphatic rings. The number of pyridine rings is 1. The predicted molar refractivity (Wildman–Crippen MR) is 102 cm³/mol. The quantitative estimate of drug-likeness (QED) is 0.475. The number of aliphatic hydroxyl groups excluding tert-OH is 1. The molecule has 0 atom stereocenters. The van der Waals surface area contributed by atoms with Crippen LogP contribution in [0.25, 0.3) is 11.4 Å². The molecule has 7 nitrogen and oxygen atoms in total. The van der Waals surface area contributed by atoms with E-state index in [4.69, 9.17) is 28.3 Å². The van der Waals surface area contributed by atoms with Gasteiger partial charge in [0.2, 0.25) is 5.95 Å². The summed E-state index contributed by atoms with van der Waals surface area (Å²) in [5.74, 6) is 0.626. The molecule has 1 aromatic carbocycles. The zero-order valence-electron chi connectivity index (χ0n) is 13.4. The van der Waals surface area contributed by atoms with Gasteiger partial charge in [-0.05, 0) is 24.3 Å². The van der Waals surface area contributed by atoms with Crippen molar-refractivity contribution < 1.29 is 10.2 Å². The third kappa shape index (κ3) is 4.32. The zero-order valence-corrected chi connectivity index (χ0v) is 15.0. The first-order chi connectivity index (χ1) is 12.6.